The third-order valence-electron chi connectivity index (χ3n) is 2.76. The number of pyridine rings is 1. The molecule has 0 spiro atoms. The van der Waals surface area contributed by atoms with Gasteiger partial charge in [-0.15, -0.1) is 0 Å². The van der Waals surface area contributed by atoms with Crippen LogP contribution in [0.25, 0.3) is 0 Å². The Morgan fingerprint density at radius 2 is 2.05 bits per heavy atom. The lowest BCUT2D eigenvalue weighted by Gasteiger charge is -2.17. The average molecular weight is 282 g/mol. The summed E-state index contributed by atoms with van der Waals surface area (Å²) < 4.78 is 18.6. The third-order valence-corrected chi connectivity index (χ3v) is 2.97. The Kier molecular flexibility index (Phi) is 4.31. The average Bonchev–Trinajstić information content (AvgIpc) is 2.40. The second-order valence-electron chi connectivity index (χ2n) is 3.91. The first-order valence-corrected chi connectivity index (χ1v) is 5.94. The van der Waals surface area contributed by atoms with Gasteiger partial charge in [0.1, 0.15) is 5.15 Å². The summed E-state index contributed by atoms with van der Waals surface area (Å²) >= 11 is 5.84. The van der Waals surface area contributed by atoms with Crippen LogP contribution in [0.5, 0.6) is 5.75 Å². The molecule has 0 bridgehead atoms. The van der Waals surface area contributed by atoms with Crippen molar-refractivity contribution in [3.8, 4) is 5.75 Å². The number of ether oxygens (including phenoxy) is 1. The lowest BCUT2D eigenvalue weighted by molar-refractivity contribution is 0.385. The van der Waals surface area contributed by atoms with Crippen molar-refractivity contribution in [1.82, 2.24) is 10.4 Å². The van der Waals surface area contributed by atoms with E-state index in [9.17, 15) is 4.39 Å². The summed E-state index contributed by atoms with van der Waals surface area (Å²) in [6, 6.07) is 7.73. The Morgan fingerprint density at radius 3 is 2.63 bits per heavy atom. The molecule has 0 fully saturated rings. The van der Waals surface area contributed by atoms with Crippen molar-refractivity contribution < 1.29 is 9.13 Å². The summed E-state index contributed by atoms with van der Waals surface area (Å²) in [6.07, 6.45) is 1.57. The Balaban J connectivity index is 2.39. The first-order valence-electron chi connectivity index (χ1n) is 5.56. The highest BCUT2D eigenvalue weighted by atomic mass is 35.5. The van der Waals surface area contributed by atoms with E-state index in [-0.39, 0.29) is 11.8 Å². The van der Waals surface area contributed by atoms with Gasteiger partial charge in [-0.25, -0.2) is 14.8 Å². The summed E-state index contributed by atoms with van der Waals surface area (Å²) in [4.78, 5) is 3.90. The van der Waals surface area contributed by atoms with E-state index in [1.165, 1.54) is 13.2 Å². The number of nitrogens with zero attached hydrogens (tertiary/aromatic N) is 1. The fourth-order valence-electron chi connectivity index (χ4n) is 1.84. The fraction of sp³-hybridized carbons (Fsp3) is 0.154. The molecule has 6 heteroatoms. The van der Waals surface area contributed by atoms with Gasteiger partial charge < -0.3 is 4.74 Å². The second kappa shape index (κ2) is 5.97. The first-order chi connectivity index (χ1) is 9.15. The van der Waals surface area contributed by atoms with E-state index in [1.54, 1.807) is 30.5 Å². The maximum atomic E-state index is 13.7. The van der Waals surface area contributed by atoms with Gasteiger partial charge in [-0.3, -0.25) is 5.84 Å². The van der Waals surface area contributed by atoms with Crippen LogP contribution in [0.15, 0.2) is 36.5 Å². The van der Waals surface area contributed by atoms with Crippen LogP contribution in [-0.4, -0.2) is 12.1 Å². The number of nitrogens with two attached hydrogens (primary N) is 1. The van der Waals surface area contributed by atoms with Crippen LogP contribution in [0.4, 0.5) is 4.39 Å². The molecule has 1 unspecified atom stereocenters. The molecule has 19 heavy (non-hydrogen) atoms. The van der Waals surface area contributed by atoms with E-state index in [1.807, 2.05) is 0 Å². The molecule has 1 heterocycles. The standard InChI is InChI=1S/C13H13ClFN3O/c1-19-11-3-2-8(6-10(11)15)13(18-16)9-4-5-17-12(14)7-9/h2-7,13,18H,16H2,1H3. The minimum atomic E-state index is -0.444. The molecule has 1 atom stereocenters. The number of rotatable bonds is 4. The molecule has 1 aromatic carbocycles. The fourth-order valence-corrected chi connectivity index (χ4v) is 2.03. The Bertz CT molecular complexity index is 580. The van der Waals surface area contributed by atoms with Crippen molar-refractivity contribution >= 4 is 11.6 Å². The van der Waals surface area contributed by atoms with Crippen LogP contribution in [0, 0.1) is 5.82 Å². The van der Waals surface area contributed by atoms with Crippen LogP contribution >= 0.6 is 11.6 Å². The number of halogens is 2. The van der Waals surface area contributed by atoms with E-state index in [2.05, 4.69) is 10.4 Å². The summed E-state index contributed by atoms with van der Waals surface area (Å²) in [6.45, 7) is 0. The molecule has 0 aliphatic carbocycles. The number of hydrogen-bond donors (Lipinski definition) is 2. The van der Waals surface area contributed by atoms with E-state index in [0.717, 1.165) is 5.56 Å². The van der Waals surface area contributed by atoms with E-state index >= 15 is 0 Å². The maximum absolute atomic E-state index is 13.7. The van der Waals surface area contributed by atoms with Gasteiger partial charge in [0.25, 0.3) is 0 Å². The predicted octanol–water partition coefficient (Wildman–Crippen LogP) is 2.44. The molecule has 0 aliphatic heterocycles. The van der Waals surface area contributed by atoms with Gasteiger partial charge >= 0.3 is 0 Å². The normalized spacial score (nSPS) is 12.2. The number of hydrogen-bond acceptors (Lipinski definition) is 4. The number of benzene rings is 1. The van der Waals surface area contributed by atoms with Crippen molar-refractivity contribution in [2.45, 2.75) is 6.04 Å². The van der Waals surface area contributed by atoms with Gasteiger partial charge in [-0.05, 0) is 35.4 Å². The van der Waals surface area contributed by atoms with Crippen molar-refractivity contribution in [3.05, 3.63) is 58.6 Å². The second-order valence-corrected chi connectivity index (χ2v) is 4.29. The van der Waals surface area contributed by atoms with E-state index in [0.29, 0.717) is 10.7 Å². The van der Waals surface area contributed by atoms with Crippen LogP contribution < -0.4 is 16.0 Å². The smallest absolute Gasteiger partial charge is 0.165 e. The number of aromatic nitrogens is 1. The third kappa shape index (κ3) is 3.01. The van der Waals surface area contributed by atoms with Gasteiger partial charge in [-0.2, -0.15) is 0 Å². The SMILES string of the molecule is COc1ccc(C(NN)c2ccnc(Cl)c2)cc1F. The summed E-state index contributed by atoms with van der Waals surface area (Å²) in [5.74, 6) is 5.28. The molecule has 0 radical (unpaired) electrons. The molecule has 2 rings (SSSR count). The molecule has 100 valence electrons. The molecule has 0 amide bonds. The van der Waals surface area contributed by atoms with Crippen LogP contribution in [0.2, 0.25) is 5.15 Å². The van der Waals surface area contributed by atoms with Gasteiger partial charge in [-0.1, -0.05) is 17.7 Å². The molecule has 2 aromatic rings. The zero-order valence-electron chi connectivity index (χ0n) is 10.2. The van der Waals surface area contributed by atoms with Crippen molar-refractivity contribution in [3.63, 3.8) is 0 Å². The van der Waals surface area contributed by atoms with Crippen molar-refractivity contribution in [2.75, 3.05) is 7.11 Å². The van der Waals surface area contributed by atoms with Crippen LogP contribution in [0.3, 0.4) is 0 Å². The summed E-state index contributed by atoms with van der Waals surface area (Å²) in [5, 5.41) is 0.353. The number of methoxy groups -OCH3 is 1. The summed E-state index contributed by atoms with van der Waals surface area (Å²) in [5.41, 5.74) is 4.10. The summed E-state index contributed by atoms with van der Waals surface area (Å²) in [7, 11) is 1.42. The largest absolute Gasteiger partial charge is 0.494 e. The Labute approximate surface area is 115 Å². The monoisotopic (exact) mass is 281 g/mol. The van der Waals surface area contributed by atoms with Gasteiger partial charge in [0.2, 0.25) is 0 Å². The molecular formula is C13H13ClFN3O. The molecule has 1 aromatic heterocycles. The minimum absolute atomic E-state index is 0.187. The highest BCUT2D eigenvalue weighted by Crippen LogP contribution is 2.26. The highest BCUT2D eigenvalue weighted by molar-refractivity contribution is 6.29. The minimum Gasteiger partial charge on any atom is -0.494 e. The number of nitrogens with one attached hydrogen (secondary N) is 1. The van der Waals surface area contributed by atoms with Crippen molar-refractivity contribution in [2.24, 2.45) is 5.84 Å². The predicted molar refractivity (Wildman–Crippen MR) is 71.4 cm³/mol. The molecule has 0 aliphatic rings. The highest BCUT2D eigenvalue weighted by Gasteiger charge is 2.15. The zero-order valence-corrected chi connectivity index (χ0v) is 11.0. The Hall–Kier alpha value is -1.69. The van der Waals surface area contributed by atoms with E-state index < -0.39 is 5.82 Å². The Morgan fingerprint density at radius 1 is 1.32 bits per heavy atom. The van der Waals surface area contributed by atoms with Crippen LogP contribution in [0.1, 0.15) is 17.2 Å². The van der Waals surface area contributed by atoms with Crippen molar-refractivity contribution in [1.29, 1.82) is 0 Å². The lowest BCUT2D eigenvalue weighted by Crippen LogP contribution is -2.29. The first kappa shape index (κ1) is 13.7. The van der Waals surface area contributed by atoms with Gasteiger partial charge in [0, 0.05) is 6.20 Å². The van der Waals surface area contributed by atoms with E-state index in [4.69, 9.17) is 22.2 Å². The maximum Gasteiger partial charge on any atom is 0.165 e. The lowest BCUT2D eigenvalue weighted by atomic mass is 10.00. The topological polar surface area (TPSA) is 60.2 Å². The van der Waals surface area contributed by atoms with Crippen LogP contribution in [-0.2, 0) is 0 Å². The quantitative estimate of drug-likeness (QED) is 0.513. The molecule has 0 saturated heterocycles. The number of hydrazine groups is 1. The molecule has 0 saturated carbocycles. The zero-order chi connectivity index (χ0) is 13.8. The molecular weight excluding hydrogens is 269 g/mol. The molecule has 3 N–H and O–H groups in total. The van der Waals surface area contributed by atoms with Gasteiger partial charge in [0.15, 0.2) is 11.6 Å². The molecule has 4 nitrogen and oxygen atoms in total. The van der Waals surface area contributed by atoms with Gasteiger partial charge in [0.05, 0.1) is 13.2 Å².